The number of aromatic nitrogens is 2. The monoisotopic (exact) mass is 298 g/mol. The molecule has 1 amide bonds. The first-order valence-corrected chi connectivity index (χ1v) is 7.62. The number of hydrogen-bond acceptors (Lipinski definition) is 4. The van der Waals surface area contributed by atoms with Crippen molar-refractivity contribution in [2.75, 3.05) is 17.2 Å². The summed E-state index contributed by atoms with van der Waals surface area (Å²) < 4.78 is 0. The first-order chi connectivity index (χ1) is 10.6. The molecule has 0 aliphatic heterocycles. The Labute approximate surface area is 131 Å². The van der Waals surface area contributed by atoms with Gasteiger partial charge in [0.05, 0.1) is 0 Å². The number of aryl methyl sites for hydroxylation is 2. The van der Waals surface area contributed by atoms with Gasteiger partial charge in [-0.05, 0) is 43.5 Å². The van der Waals surface area contributed by atoms with Gasteiger partial charge in [-0.2, -0.15) is 0 Å². The van der Waals surface area contributed by atoms with E-state index in [0.717, 1.165) is 30.8 Å². The smallest absolute Gasteiger partial charge is 0.274 e. The molecular formula is C17H22N4O. The Bertz CT molecular complexity index is 638. The van der Waals surface area contributed by atoms with Gasteiger partial charge in [-0.15, -0.1) is 0 Å². The highest BCUT2D eigenvalue weighted by Crippen LogP contribution is 2.12. The Hall–Kier alpha value is -2.43. The van der Waals surface area contributed by atoms with Crippen molar-refractivity contribution in [2.24, 2.45) is 0 Å². The van der Waals surface area contributed by atoms with E-state index in [0.29, 0.717) is 11.6 Å². The molecule has 0 spiro atoms. The zero-order valence-corrected chi connectivity index (χ0v) is 13.3. The number of anilines is 2. The number of nitrogens with one attached hydrogen (secondary N) is 2. The molecule has 2 aromatic rings. The Balaban J connectivity index is 2.12. The van der Waals surface area contributed by atoms with Gasteiger partial charge < -0.3 is 10.6 Å². The van der Waals surface area contributed by atoms with Crippen molar-refractivity contribution in [1.82, 2.24) is 9.97 Å². The molecule has 0 saturated carbocycles. The summed E-state index contributed by atoms with van der Waals surface area (Å²) in [5, 5.41) is 5.97. The molecule has 0 unspecified atom stereocenters. The van der Waals surface area contributed by atoms with Crippen LogP contribution in [-0.2, 0) is 6.42 Å². The number of rotatable bonds is 6. The predicted octanol–water partition coefficient (Wildman–Crippen LogP) is 3.42. The molecule has 0 fully saturated rings. The number of carbonyl (C=O) groups is 1. The lowest BCUT2D eigenvalue weighted by Crippen LogP contribution is -2.16. The maximum absolute atomic E-state index is 12.3. The van der Waals surface area contributed by atoms with Crippen molar-refractivity contribution in [3.05, 3.63) is 47.3 Å². The van der Waals surface area contributed by atoms with Crippen LogP contribution < -0.4 is 10.6 Å². The van der Waals surface area contributed by atoms with E-state index in [-0.39, 0.29) is 5.91 Å². The highest BCUT2D eigenvalue weighted by atomic mass is 16.1. The van der Waals surface area contributed by atoms with E-state index in [1.807, 2.05) is 31.2 Å². The minimum Gasteiger partial charge on any atom is -0.354 e. The van der Waals surface area contributed by atoms with Crippen LogP contribution in [0.2, 0.25) is 0 Å². The fourth-order valence-electron chi connectivity index (χ4n) is 2.02. The molecule has 0 aliphatic carbocycles. The maximum atomic E-state index is 12.3. The van der Waals surface area contributed by atoms with Crippen LogP contribution in [-0.4, -0.2) is 22.4 Å². The zero-order valence-electron chi connectivity index (χ0n) is 13.3. The summed E-state index contributed by atoms with van der Waals surface area (Å²) in [5.74, 6) is 0.266. The van der Waals surface area contributed by atoms with Crippen LogP contribution in [0, 0.1) is 6.92 Å². The number of carbonyl (C=O) groups excluding carboxylic acids is 1. The van der Waals surface area contributed by atoms with Gasteiger partial charge in [0.25, 0.3) is 5.91 Å². The Kier molecular flexibility index (Phi) is 5.47. The van der Waals surface area contributed by atoms with Crippen LogP contribution in [0.1, 0.15) is 42.0 Å². The van der Waals surface area contributed by atoms with Gasteiger partial charge in [-0.25, -0.2) is 9.97 Å². The van der Waals surface area contributed by atoms with E-state index in [1.165, 1.54) is 5.56 Å². The largest absolute Gasteiger partial charge is 0.354 e. The second-order valence-corrected chi connectivity index (χ2v) is 5.15. The SMILES string of the molecule is CCCNc1nc(C)cc(C(=O)Nc2ccc(CC)cc2)n1. The van der Waals surface area contributed by atoms with E-state index < -0.39 is 0 Å². The van der Waals surface area contributed by atoms with Gasteiger partial charge in [0.2, 0.25) is 5.95 Å². The quantitative estimate of drug-likeness (QED) is 0.857. The van der Waals surface area contributed by atoms with Crippen LogP contribution in [0.15, 0.2) is 30.3 Å². The van der Waals surface area contributed by atoms with E-state index in [2.05, 4.69) is 34.4 Å². The van der Waals surface area contributed by atoms with Crippen LogP contribution >= 0.6 is 0 Å². The van der Waals surface area contributed by atoms with Gasteiger partial charge in [0, 0.05) is 17.9 Å². The summed E-state index contributed by atoms with van der Waals surface area (Å²) in [4.78, 5) is 20.9. The average Bonchev–Trinajstić information content (AvgIpc) is 2.53. The van der Waals surface area contributed by atoms with Crippen LogP contribution in [0.4, 0.5) is 11.6 Å². The number of hydrogen-bond donors (Lipinski definition) is 2. The highest BCUT2D eigenvalue weighted by molar-refractivity contribution is 6.03. The number of amides is 1. The van der Waals surface area contributed by atoms with Gasteiger partial charge in [-0.1, -0.05) is 26.0 Å². The summed E-state index contributed by atoms with van der Waals surface area (Å²) in [7, 11) is 0. The van der Waals surface area contributed by atoms with Crippen molar-refractivity contribution in [2.45, 2.75) is 33.6 Å². The lowest BCUT2D eigenvalue weighted by molar-refractivity contribution is 0.102. The lowest BCUT2D eigenvalue weighted by Gasteiger charge is -2.08. The third-order valence-electron chi connectivity index (χ3n) is 3.24. The molecule has 2 N–H and O–H groups in total. The molecule has 0 bridgehead atoms. The molecule has 1 aromatic heterocycles. The Morgan fingerprint density at radius 3 is 2.50 bits per heavy atom. The minimum absolute atomic E-state index is 0.228. The summed E-state index contributed by atoms with van der Waals surface area (Å²) in [6.07, 6.45) is 1.95. The van der Waals surface area contributed by atoms with E-state index >= 15 is 0 Å². The molecule has 5 nitrogen and oxygen atoms in total. The Morgan fingerprint density at radius 2 is 1.86 bits per heavy atom. The summed E-state index contributed by atoms with van der Waals surface area (Å²) in [6, 6.07) is 9.51. The summed E-state index contributed by atoms with van der Waals surface area (Å²) in [6.45, 7) is 6.80. The molecule has 1 heterocycles. The first-order valence-electron chi connectivity index (χ1n) is 7.62. The van der Waals surface area contributed by atoms with Crippen molar-refractivity contribution in [1.29, 1.82) is 0 Å². The molecule has 2 rings (SSSR count). The standard InChI is InChI=1S/C17H22N4O/c1-4-10-18-17-19-12(3)11-15(21-17)16(22)20-14-8-6-13(5-2)7-9-14/h6-9,11H,4-5,10H2,1-3H3,(H,20,22)(H,18,19,21). The van der Waals surface area contributed by atoms with Gasteiger partial charge in [0.15, 0.2) is 0 Å². The molecule has 0 aliphatic rings. The van der Waals surface area contributed by atoms with Gasteiger partial charge in [-0.3, -0.25) is 4.79 Å². The molecule has 22 heavy (non-hydrogen) atoms. The van der Waals surface area contributed by atoms with Crippen molar-refractivity contribution < 1.29 is 4.79 Å². The Morgan fingerprint density at radius 1 is 1.14 bits per heavy atom. The topological polar surface area (TPSA) is 66.9 Å². The third kappa shape index (κ3) is 4.28. The second kappa shape index (κ2) is 7.54. The predicted molar refractivity (Wildman–Crippen MR) is 89.3 cm³/mol. The number of nitrogens with zero attached hydrogens (tertiary/aromatic N) is 2. The normalized spacial score (nSPS) is 10.3. The van der Waals surface area contributed by atoms with Crippen molar-refractivity contribution in [3.8, 4) is 0 Å². The molecule has 1 aromatic carbocycles. The molecule has 0 atom stereocenters. The fraction of sp³-hybridized carbons (Fsp3) is 0.353. The van der Waals surface area contributed by atoms with E-state index in [4.69, 9.17) is 0 Å². The molecule has 0 saturated heterocycles. The van der Waals surface area contributed by atoms with Gasteiger partial charge in [0.1, 0.15) is 5.69 Å². The van der Waals surface area contributed by atoms with Crippen LogP contribution in [0.25, 0.3) is 0 Å². The minimum atomic E-state index is -0.228. The fourth-order valence-corrected chi connectivity index (χ4v) is 2.02. The van der Waals surface area contributed by atoms with Crippen molar-refractivity contribution >= 4 is 17.5 Å². The first kappa shape index (κ1) is 15.9. The summed E-state index contributed by atoms with van der Waals surface area (Å²) >= 11 is 0. The molecule has 0 radical (unpaired) electrons. The second-order valence-electron chi connectivity index (χ2n) is 5.15. The molecule has 5 heteroatoms. The van der Waals surface area contributed by atoms with Crippen LogP contribution in [0.5, 0.6) is 0 Å². The third-order valence-corrected chi connectivity index (χ3v) is 3.24. The lowest BCUT2D eigenvalue weighted by atomic mass is 10.1. The molecular weight excluding hydrogens is 276 g/mol. The van der Waals surface area contributed by atoms with Gasteiger partial charge >= 0.3 is 0 Å². The molecule has 116 valence electrons. The summed E-state index contributed by atoms with van der Waals surface area (Å²) in [5.41, 5.74) is 3.13. The maximum Gasteiger partial charge on any atom is 0.274 e. The highest BCUT2D eigenvalue weighted by Gasteiger charge is 2.10. The van der Waals surface area contributed by atoms with E-state index in [1.54, 1.807) is 6.07 Å². The van der Waals surface area contributed by atoms with Crippen molar-refractivity contribution in [3.63, 3.8) is 0 Å². The average molecular weight is 298 g/mol. The number of benzene rings is 1. The van der Waals surface area contributed by atoms with E-state index in [9.17, 15) is 4.79 Å². The zero-order chi connectivity index (χ0) is 15.9. The van der Waals surface area contributed by atoms with Crippen LogP contribution in [0.3, 0.4) is 0 Å².